The van der Waals surface area contributed by atoms with E-state index in [2.05, 4.69) is 10.3 Å². The third-order valence-electron chi connectivity index (χ3n) is 2.25. The van der Waals surface area contributed by atoms with Crippen LogP contribution >= 0.6 is 34.8 Å². The maximum atomic E-state index is 11.9. The number of nitro groups is 1. The molecule has 0 atom stereocenters. The van der Waals surface area contributed by atoms with E-state index in [0.29, 0.717) is 6.54 Å². The zero-order valence-corrected chi connectivity index (χ0v) is 12.1. The van der Waals surface area contributed by atoms with E-state index < -0.39 is 26.7 Å². The van der Waals surface area contributed by atoms with Crippen LogP contribution in [-0.4, -0.2) is 22.4 Å². The maximum absolute atomic E-state index is 11.9. The number of hydrogen-bond acceptors (Lipinski definition) is 4. The number of carbonyl (C=O) groups excluding carboxylic acids is 1. The molecule has 1 heterocycles. The number of unbranched alkanes of at least 4 members (excludes halogenated alkanes) is 1. The lowest BCUT2D eigenvalue weighted by molar-refractivity contribution is -0.384. The van der Waals surface area contributed by atoms with Crippen molar-refractivity contribution in [2.45, 2.75) is 19.8 Å². The van der Waals surface area contributed by atoms with Crippen molar-refractivity contribution in [2.24, 2.45) is 0 Å². The molecular formula is C10H10Cl3N3O3. The fourth-order valence-electron chi connectivity index (χ4n) is 1.31. The van der Waals surface area contributed by atoms with E-state index >= 15 is 0 Å². The molecule has 1 amide bonds. The molecule has 1 N–H and O–H groups in total. The van der Waals surface area contributed by atoms with Gasteiger partial charge in [-0.05, 0) is 6.42 Å². The molecule has 0 unspecified atom stereocenters. The minimum Gasteiger partial charge on any atom is -0.352 e. The van der Waals surface area contributed by atoms with Gasteiger partial charge in [0.05, 0.1) is 4.92 Å². The van der Waals surface area contributed by atoms with Gasteiger partial charge in [0.25, 0.3) is 5.91 Å². The molecule has 104 valence electrons. The molecule has 1 aromatic heterocycles. The Morgan fingerprint density at radius 3 is 2.53 bits per heavy atom. The summed E-state index contributed by atoms with van der Waals surface area (Å²) in [5, 5.41) is 12.2. The van der Waals surface area contributed by atoms with Crippen LogP contribution < -0.4 is 5.32 Å². The molecule has 0 fully saturated rings. The second kappa shape index (κ2) is 6.88. The highest BCUT2D eigenvalue weighted by Crippen LogP contribution is 2.36. The predicted molar refractivity (Wildman–Crippen MR) is 73.2 cm³/mol. The summed E-state index contributed by atoms with van der Waals surface area (Å²) in [5.41, 5.74) is -0.871. The molecule has 1 rings (SSSR count). The van der Waals surface area contributed by atoms with Gasteiger partial charge in [-0.15, -0.1) is 0 Å². The van der Waals surface area contributed by atoms with Gasteiger partial charge in [-0.2, -0.15) is 0 Å². The Morgan fingerprint density at radius 2 is 2.00 bits per heavy atom. The third kappa shape index (κ3) is 3.68. The smallest absolute Gasteiger partial charge is 0.325 e. The minimum absolute atomic E-state index is 0.240. The fraction of sp³-hybridized carbons (Fsp3) is 0.400. The van der Waals surface area contributed by atoms with E-state index in [0.717, 1.165) is 12.8 Å². The first kappa shape index (κ1) is 15.9. The zero-order chi connectivity index (χ0) is 14.6. The van der Waals surface area contributed by atoms with E-state index in [1.54, 1.807) is 0 Å². The number of pyridine rings is 1. The molecule has 0 spiro atoms. The third-order valence-corrected chi connectivity index (χ3v) is 3.16. The molecule has 0 aliphatic rings. The van der Waals surface area contributed by atoms with Crippen molar-refractivity contribution in [3.63, 3.8) is 0 Å². The van der Waals surface area contributed by atoms with Crippen LogP contribution in [-0.2, 0) is 0 Å². The predicted octanol–water partition coefficient (Wildman–Crippen LogP) is 3.48. The van der Waals surface area contributed by atoms with Crippen LogP contribution in [0.2, 0.25) is 15.3 Å². The quantitative estimate of drug-likeness (QED) is 0.388. The average molecular weight is 327 g/mol. The van der Waals surface area contributed by atoms with Crippen LogP contribution in [0, 0.1) is 10.1 Å². The van der Waals surface area contributed by atoms with Crippen LogP contribution in [0.5, 0.6) is 0 Å². The summed E-state index contributed by atoms with van der Waals surface area (Å²) in [6.45, 7) is 2.37. The number of nitrogens with one attached hydrogen (secondary N) is 1. The summed E-state index contributed by atoms with van der Waals surface area (Å²) in [7, 11) is 0. The van der Waals surface area contributed by atoms with Crippen molar-refractivity contribution in [1.82, 2.24) is 10.3 Å². The van der Waals surface area contributed by atoms with Crippen molar-refractivity contribution in [3.05, 3.63) is 31.0 Å². The standard InChI is InChI=1S/C10H10Cl3N3O3/c1-2-3-4-14-10(17)5-6(11)7(16(18)19)9(13)15-8(5)12/h2-4H2,1H3,(H,14,17). The molecule has 0 aliphatic carbocycles. The van der Waals surface area contributed by atoms with Gasteiger partial charge >= 0.3 is 5.69 Å². The first-order chi connectivity index (χ1) is 8.90. The summed E-state index contributed by atoms with van der Waals surface area (Å²) >= 11 is 17.1. The van der Waals surface area contributed by atoms with E-state index in [-0.39, 0.29) is 10.7 Å². The van der Waals surface area contributed by atoms with E-state index in [9.17, 15) is 14.9 Å². The highest BCUT2D eigenvalue weighted by atomic mass is 35.5. The van der Waals surface area contributed by atoms with Crippen LogP contribution in [0.25, 0.3) is 0 Å². The Kier molecular flexibility index (Phi) is 5.78. The number of nitrogens with zero attached hydrogens (tertiary/aromatic N) is 2. The maximum Gasteiger partial charge on any atom is 0.325 e. The van der Waals surface area contributed by atoms with Crippen LogP contribution in [0.15, 0.2) is 0 Å². The molecule has 0 radical (unpaired) electrons. The number of carbonyl (C=O) groups is 1. The van der Waals surface area contributed by atoms with Gasteiger partial charge in [0.2, 0.25) is 5.15 Å². The van der Waals surface area contributed by atoms with Gasteiger partial charge in [0, 0.05) is 6.54 Å². The minimum atomic E-state index is -0.809. The number of aromatic nitrogens is 1. The van der Waals surface area contributed by atoms with Crippen molar-refractivity contribution >= 4 is 46.4 Å². The van der Waals surface area contributed by atoms with Gasteiger partial charge in [0.1, 0.15) is 15.7 Å². The van der Waals surface area contributed by atoms with Crippen molar-refractivity contribution in [1.29, 1.82) is 0 Å². The zero-order valence-electron chi connectivity index (χ0n) is 9.87. The Hall–Kier alpha value is -1.11. The first-order valence-corrected chi connectivity index (χ1v) is 6.50. The van der Waals surface area contributed by atoms with Gasteiger partial charge < -0.3 is 5.32 Å². The Labute approximate surface area is 124 Å². The molecule has 0 aromatic carbocycles. The summed E-state index contributed by atoms with van der Waals surface area (Å²) in [5.74, 6) is -0.615. The Morgan fingerprint density at radius 1 is 1.37 bits per heavy atom. The van der Waals surface area contributed by atoms with Crippen molar-refractivity contribution in [3.8, 4) is 0 Å². The van der Waals surface area contributed by atoms with Crippen LogP contribution in [0.3, 0.4) is 0 Å². The summed E-state index contributed by atoms with van der Waals surface area (Å²) in [6, 6.07) is 0. The molecule has 9 heteroatoms. The molecule has 6 nitrogen and oxygen atoms in total. The van der Waals surface area contributed by atoms with E-state index in [1.165, 1.54) is 0 Å². The fourth-order valence-corrected chi connectivity index (χ4v) is 2.30. The number of halogens is 3. The van der Waals surface area contributed by atoms with Gasteiger partial charge in [0.15, 0.2) is 0 Å². The topological polar surface area (TPSA) is 85.1 Å². The number of rotatable bonds is 5. The Bertz CT molecular complexity index is 522. The van der Waals surface area contributed by atoms with Crippen molar-refractivity contribution in [2.75, 3.05) is 6.54 Å². The molecule has 0 saturated carbocycles. The largest absolute Gasteiger partial charge is 0.352 e. The lowest BCUT2D eigenvalue weighted by Gasteiger charge is -2.08. The Balaban J connectivity index is 3.17. The molecule has 0 aliphatic heterocycles. The van der Waals surface area contributed by atoms with E-state index in [1.807, 2.05) is 6.92 Å². The highest BCUT2D eigenvalue weighted by Gasteiger charge is 2.28. The van der Waals surface area contributed by atoms with Gasteiger partial charge in [-0.25, -0.2) is 4.98 Å². The normalized spacial score (nSPS) is 10.3. The second-order valence-corrected chi connectivity index (χ2v) is 4.69. The monoisotopic (exact) mass is 325 g/mol. The second-order valence-electron chi connectivity index (χ2n) is 3.60. The lowest BCUT2D eigenvalue weighted by Crippen LogP contribution is -2.25. The number of hydrogen-bond donors (Lipinski definition) is 1. The average Bonchev–Trinajstić information content (AvgIpc) is 2.27. The molecular weight excluding hydrogens is 316 g/mol. The SMILES string of the molecule is CCCCNC(=O)c1c(Cl)nc(Cl)c([N+](=O)[O-])c1Cl. The van der Waals surface area contributed by atoms with Crippen LogP contribution in [0.1, 0.15) is 30.1 Å². The number of amides is 1. The highest BCUT2D eigenvalue weighted by molar-refractivity contribution is 6.43. The lowest BCUT2D eigenvalue weighted by atomic mass is 10.2. The molecule has 0 saturated heterocycles. The van der Waals surface area contributed by atoms with E-state index in [4.69, 9.17) is 34.8 Å². The first-order valence-electron chi connectivity index (χ1n) is 5.37. The molecule has 19 heavy (non-hydrogen) atoms. The summed E-state index contributed by atoms with van der Waals surface area (Å²) in [6.07, 6.45) is 1.66. The molecule has 0 bridgehead atoms. The van der Waals surface area contributed by atoms with Gasteiger partial charge in [-0.3, -0.25) is 14.9 Å². The van der Waals surface area contributed by atoms with Crippen molar-refractivity contribution < 1.29 is 9.72 Å². The van der Waals surface area contributed by atoms with Crippen LogP contribution in [0.4, 0.5) is 5.69 Å². The summed E-state index contributed by atoms with van der Waals surface area (Å²) < 4.78 is 0. The summed E-state index contributed by atoms with van der Waals surface area (Å²) in [4.78, 5) is 25.4. The van der Waals surface area contributed by atoms with Gasteiger partial charge in [-0.1, -0.05) is 48.1 Å². The molecule has 1 aromatic rings.